The number of rotatable bonds is 7. The van der Waals surface area contributed by atoms with Crippen LogP contribution >= 0.6 is 0 Å². The first-order valence-corrected chi connectivity index (χ1v) is 9.69. The number of nitrogens with zero attached hydrogens (tertiary/aromatic N) is 2. The molecule has 1 aliphatic heterocycles. The maximum atomic E-state index is 13.0. The summed E-state index contributed by atoms with van der Waals surface area (Å²) in [5, 5.41) is 0. The average Bonchev–Trinajstić information content (AvgIpc) is 2.61. The third kappa shape index (κ3) is 3.69. The normalized spacial score (nSPS) is 16.8. The molecule has 5 heteroatoms. The molecule has 1 heterocycles. The number of aliphatic imine (C=N–C) groups is 1. The molecular weight excluding hydrogens is 296 g/mol. The van der Waals surface area contributed by atoms with Gasteiger partial charge in [0.1, 0.15) is 5.84 Å². The maximum Gasteiger partial charge on any atom is 0.265 e. The Morgan fingerprint density at radius 1 is 1.09 bits per heavy atom. The predicted octanol–water partition coefficient (Wildman–Crippen LogP) is 3.97. The van der Waals surface area contributed by atoms with Crippen LogP contribution in [0.15, 0.2) is 34.2 Å². The van der Waals surface area contributed by atoms with Crippen LogP contribution in [0.25, 0.3) is 0 Å². The van der Waals surface area contributed by atoms with Crippen LogP contribution in [0.2, 0.25) is 0 Å². The highest BCUT2D eigenvalue weighted by atomic mass is 32.2. The number of benzene rings is 1. The van der Waals surface area contributed by atoms with E-state index >= 15 is 0 Å². The van der Waals surface area contributed by atoms with Crippen LogP contribution in [0.3, 0.4) is 0 Å². The van der Waals surface area contributed by atoms with Gasteiger partial charge >= 0.3 is 0 Å². The standard InChI is InChI=1S/C17H26N2O2S/c1-3-5-6-9-13-19-17(10-4-2)18-14-15-11-7-8-12-16(15)22(19,20)21/h7-8,11-12H,3-6,9-10,13-14H2,1-2H3. The van der Waals surface area contributed by atoms with Gasteiger partial charge in [0, 0.05) is 13.0 Å². The van der Waals surface area contributed by atoms with E-state index in [-0.39, 0.29) is 0 Å². The molecule has 0 N–H and O–H groups in total. The molecular formula is C17H26N2O2S. The first-order chi connectivity index (χ1) is 10.6. The van der Waals surface area contributed by atoms with Gasteiger partial charge in [0.05, 0.1) is 11.4 Å². The lowest BCUT2D eigenvalue weighted by Gasteiger charge is -2.24. The number of amidine groups is 1. The molecule has 0 aliphatic carbocycles. The van der Waals surface area contributed by atoms with E-state index in [0.717, 1.165) is 43.5 Å². The molecule has 0 radical (unpaired) electrons. The highest BCUT2D eigenvalue weighted by Gasteiger charge is 2.30. The highest BCUT2D eigenvalue weighted by Crippen LogP contribution is 2.26. The van der Waals surface area contributed by atoms with Crippen molar-refractivity contribution in [1.29, 1.82) is 0 Å². The topological polar surface area (TPSA) is 49.7 Å². The fourth-order valence-corrected chi connectivity index (χ4v) is 4.51. The minimum atomic E-state index is -3.48. The van der Waals surface area contributed by atoms with Crippen molar-refractivity contribution in [3.8, 4) is 0 Å². The van der Waals surface area contributed by atoms with Gasteiger partial charge in [-0.2, -0.15) is 0 Å². The summed E-state index contributed by atoms with van der Waals surface area (Å²) in [6.45, 7) is 5.21. The van der Waals surface area contributed by atoms with E-state index in [2.05, 4.69) is 18.8 Å². The second kappa shape index (κ2) is 7.77. The number of fused-ring (bicyclic) bond motifs is 1. The largest absolute Gasteiger partial charge is 0.267 e. The van der Waals surface area contributed by atoms with Crippen LogP contribution in [-0.2, 0) is 16.6 Å². The molecule has 2 rings (SSSR count). The minimum absolute atomic E-state index is 0.417. The lowest BCUT2D eigenvalue weighted by Crippen LogP contribution is -2.37. The van der Waals surface area contributed by atoms with Gasteiger partial charge in [0.2, 0.25) is 0 Å². The third-order valence-electron chi connectivity index (χ3n) is 3.95. The van der Waals surface area contributed by atoms with E-state index in [1.165, 1.54) is 0 Å². The molecule has 0 spiro atoms. The average molecular weight is 322 g/mol. The lowest BCUT2D eigenvalue weighted by atomic mass is 10.2. The highest BCUT2D eigenvalue weighted by molar-refractivity contribution is 7.89. The molecule has 0 bridgehead atoms. The van der Waals surface area contributed by atoms with E-state index in [1.807, 2.05) is 12.1 Å². The van der Waals surface area contributed by atoms with Crippen molar-refractivity contribution < 1.29 is 8.42 Å². The van der Waals surface area contributed by atoms with Crippen molar-refractivity contribution in [3.63, 3.8) is 0 Å². The van der Waals surface area contributed by atoms with Gasteiger partial charge in [-0.05, 0) is 24.5 Å². The third-order valence-corrected chi connectivity index (χ3v) is 5.88. The molecule has 0 unspecified atom stereocenters. The summed E-state index contributed by atoms with van der Waals surface area (Å²) in [7, 11) is -3.48. The van der Waals surface area contributed by atoms with Crippen molar-refractivity contribution in [2.75, 3.05) is 6.54 Å². The van der Waals surface area contributed by atoms with Gasteiger partial charge in [0.15, 0.2) is 0 Å². The molecule has 122 valence electrons. The van der Waals surface area contributed by atoms with Crippen molar-refractivity contribution in [2.45, 2.75) is 63.8 Å². The number of unbranched alkanes of at least 4 members (excludes halogenated alkanes) is 3. The molecule has 0 amide bonds. The number of hydrogen-bond acceptors (Lipinski definition) is 3. The fourth-order valence-electron chi connectivity index (χ4n) is 2.76. The molecule has 0 saturated heterocycles. The van der Waals surface area contributed by atoms with Crippen LogP contribution < -0.4 is 0 Å². The second-order valence-corrected chi connectivity index (χ2v) is 7.56. The van der Waals surface area contributed by atoms with Crippen LogP contribution in [-0.4, -0.2) is 25.1 Å². The summed E-state index contributed by atoms with van der Waals surface area (Å²) >= 11 is 0. The zero-order chi connectivity index (χ0) is 16.0. The quantitative estimate of drug-likeness (QED) is 0.713. The summed E-state index contributed by atoms with van der Waals surface area (Å²) < 4.78 is 27.6. The Hall–Kier alpha value is -1.36. The monoisotopic (exact) mass is 322 g/mol. The summed E-state index contributed by atoms with van der Waals surface area (Å²) in [6.07, 6.45) is 5.84. The van der Waals surface area contributed by atoms with E-state index < -0.39 is 10.0 Å². The molecule has 4 nitrogen and oxygen atoms in total. The van der Waals surface area contributed by atoms with Crippen molar-refractivity contribution in [1.82, 2.24) is 4.31 Å². The Morgan fingerprint density at radius 2 is 1.86 bits per heavy atom. The Labute approximate surface area is 134 Å². The zero-order valence-electron chi connectivity index (χ0n) is 13.6. The van der Waals surface area contributed by atoms with Crippen LogP contribution in [0.5, 0.6) is 0 Å². The van der Waals surface area contributed by atoms with E-state index in [0.29, 0.717) is 24.4 Å². The van der Waals surface area contributed by atoms with Gasteiger partial charge in [-0.25, -0.2) is 8.42 Å². The predicted molar refractivity (Wildman–Crippen MR) is 90.5 cm³/mol. The summed E-state index contributed by atoms with van der Waals surface area (Å²) in [4.78, 5) is 5.01. The minimum Gasteiger partial charge on any atom is -0.267 e. The molecule has 0 fully saturated rings. The van der Waals surface area contributed by atoms with Gasteiger partial charge in [-0.15, -0.1) is 0 Å². The first-order valence-electron chi connectivity index (χ1n) is 8.25. The van der Waals surface area contributed by atoms with Gasteiger partial charge in [-0.3, -0.25) is 9.30 Å². The molecule has 22 heavy (non-hydrogen) atoms. The SMILES string of the molecule is CCCCCCN1C(CCC)=NCc2ccccc2S1(=O)=O. The van der Waals surface area contributed by atoms with E-state index in [4.69, 9.17) is 0 Å². The molecule has 1 aromatic rings. The van der Waals surface area contributed by atoms with Gasteiger partial charge in [-0.1, -0.05) is 51.3 Å². The Kier molecular flexibility index (Phi) is 6.00. The van der Waals surface area contributed by atoms with Gasteiger partial charge < -0.3 is 0 Å². The van der Waals surface area contributed by atoms with Crippen LogP contribution in [0.4, 0.5) is 0 Å². The Morgan fingerprint density at radius 3 is 2.59 bits per heavy atom. The number of hydrogen-bond donors (Lipinski definition) is 0. The first kappa shape index (κ1) is 17.0. The van der Waals surface area contributed by atoms with Crippen LogP contribution in [0, 0.1) is 0 Å². The summed E-state index contributed by atoms with van der Waals surface area (Å²) in [5.41, 5.74) is 0.798. The summed E-state index contributed by atoms with van der Waals surface area (Å²) in [6, 6.07) is 7.23. The molecule has 1 aromatic carbocycles. The smallest absolute Gasteiger partial charge is 0.265 e. The number of sulfonamides is 1. The van der Waals surface area contributed by atoms with Crippen molar-refractivity contribution >= 4 is 15.9 Å². The zero-order valence-corrected chi connectivity index (χ0v) is 14.4. The van der Waals surface area contributed by atoms with Gasteiger partial charge in [0.25, 0.3) is 10.0 Å². The van der Waals surface area contributed by atoms with E-state index in [1.54, 1.807) is 16.4 Å². The molecule has 0 atom stereocenters. The molecule has 0 aromatic heterocycles. The van der Waals surface area contributed by atoms with Crippen molar-refractivity contribution in [3.05, 3.63) is 29.8 Å². The Bertz CT molecular complexity index is 623. The molecule has 1 aliphatic rings. The van der Waals surface area contributed by atoms with Crippen molar-refractivity contribution in [2.24, 2.45) is 4.99 Å². The second-order valence-electron chi connectivity index (χ2n) is 5.73. The molecule has 0 saturated carbocycles. The van der Waals surface area contributed by atoms with Crippen LogP contribution in [0.1, 0.15) is 57.9 Å². The Balaban J connectivity index is 2.32. The lowest BCUT2D eigenvalue weighted by molar-refractivity contribution is 0.496. The fraction of sp³-hybridized carbons (Fsp3) is 0.588. The maximum absolute atomic E-state index is 13.0. The summed E-state index contributed by atoms with van der Waals surface area (Å²) in [5.74, 6) is 0.718. The van der Waals surface area contributed by atoms with E-state index in [9.17, 15) is 8.42 Å².